The Balaban J connectivity index is 1.39. The summed E-state index contributed by atoms with van der Waals surface area (Å²) in [5, 5.41) is 15.0. The van der Waals surface area contributed by atoms with Crippen LogP contribution in [0.2, 0.25) is 0 Å². The molecule has 1 fully saturated rings. The average Bonchev–Trinajstić information content (AvgIpc) is 3.29. The van der Waals surface area contributed by atoms with Crippen LogP contribution in [-0.2, 0) is 13.1 Å². The number of para-hydroxylation sites is 2. The van der Waals surface area contributed by atoms with Crippen LogP contribution in [0.1, 0.15) is 29.8 Å². The normalized spacial score (nSPS) is 14.0. The lowest BCUT2D eigenvalue weighted by molar-refractivity contribution is 0.102. The molecule has 1 aromatic carbocycles. The van der Waals surface area contributed by atoms with Gasteiger partial charge < -0.3 is 10.6 Å². The summed E-state index contributed by atoms with van der Waals surface area (Å²) < 4.78 is 3.60. The van der Waals surface area contributed by atoms with Gasteiger partial charge in [0.2, 0.25) is 0 Å². The third kappa shape index (κ3) is 3.77. The van der Waals surface area contributed by atoms with Crippen LogP contribution in [0.25, 0.3) is 0 Å². The summed E-state index contributed by atoms with van der Waals surface area (Å²) in [7, 11) is 0. The molecule has 1 aliphatic carbocycles. The number of rotatable bonds is 7. The highest BCUT2D eigenvalue weighted by Gasteiger charge is 2.19. The Bertz CT molecular complexity index is 866. The number of hydrogen-bond donors (Lipinski definition) is 2. The zero-order valence-corrected chi connectivity index (χ0v) is 14.5. The van der Waals surface area contributed by atoms with Gasteiger partial charge >= 0.3 is 0 Å². The van der Waals surface area contributed by atoms with E-state index in [-0.39, 0.29) is 5.91 Å². The molecular formula is C19H22N6O. The first-order valence-corrected chi connectivity index (χ1v) is 8.96. The first kappa shape index (κ1) is 16.4. The number of aromatic nitrogens is 4. The van der Waals surface area contributed by atoms with Gasteiger partial charge in [0.05, 0.1) is 24.5 Å². The molecule has 2 N–H and O–H groups in total. The summed E-state index contributed by atoms with van der Waals surface area (Å²) in [6.07, 6.45) is 9.10. The fraction of sp³-hybridized carbons (Fsp3) is 0.316. The van der Waals surface area contributed by atoms with Crippen molar-refractivity contribution in [1.82, 2.24) is 19.6 Å². The molecule has 4 rings (SSSR count). The molecule has 7 heteroatoms. The fourth-order valence-electron chi connectivity index (χ4n) is 2.92. The number of nitrogens with zero attached hydrogens (tertiary/aromatic N) is 4. The van der Waals surface area contributed by atoms with Crippen LogP contribution in [0, 0.1) is 0 Å². The van der Waals surface area contributed by atoms with Gasteiger partial charge in [-0.15, -0.1) is 0 Å². The molecule has 26 heavy (non-hydrogen) atoms. The number of aryl methyl sites for hydroxylation is 2. The molecular weight excluding hydrogens is 328 g/mol. The molecule has 0 saturated heterocycles. The van der Waals surface area contributed by atoms with E-state index in [9.17, 15) is 4.79 Å². The van der Waals surface area contributed by atoms with Gasteiger partial charge in [-0.3, -0.25) is 14.2 Å². The maximum atomic E-state index is 12.5. The van der Waals surface area contributed by atoms with Gasteiger partial charge in [0, 0.05) is 24.6 Å². The van der Waals surface area contributed by atoms with Crippen molar-refractivity contribution in [2.24, 2.45) is 0 Å². The number of carbonyl (C=O) groups excluding carboxylic acids is 1. The number of benzene rings is 1. The highest BCUT2D eigenvalue weighted by Crippen LogP contribution is 2.28. The van der Waals surface area contributed by atoms with Gasteiger partial charge in [0.15, 0.2) is 5.69 Å². The minimum Gasteiger partial charge on any atom is -0.381 e. The van der Waals surface area contributed by atoms with Crippen molar-refractivity contribution in [3.63, 3.8) is 0 Å². The Labute approximate surface area is 152 Å². The maximum absolute atomic E-state index is 12.5. The molecule has 0 aliphatic heterocycles. The van der Waals surface area contributed by atoms with Crippen LogP contribution in [-0.4, -0.2) is 31.5 Å². The zero-order valence-electron chi connectivity index (χ0n) is 14.5. The van der Waals surface area contributed by atoms with Gasteiger partial charge in [0.25, 0.3) is 5.91 Å². The van der Waals surface area contributed by atoms with Gasteiger partial charge in [-0.25, -0.2) is 0 Å². The number of hydrogen-bond acceptors (Lipinski definition) is 4. The summed E-state index contributed by atoms with van der Waals surface area (Å²) in [6, 6.07) is 11.9. The van der Waals surface area contributed by atoms with E-state index in [2.05, 4.69) is 20.8 Å². The van der Waals surface area contributed by atoms with Crippen LogP contribution in [0.4, 0.5) is 11.4 Å². The number of carbonyl (C=O) groups is 1. The van der Waals surface area contributed by atoms with Crippen molar-refractivity contribution in [2.45, 2.75) is 38.4 Å². The molecule has 134 valence electrons. The quantitative estimate of drug-likeness (QED) is 0.687. The van der Waals surface area contributed by atoms with E-state index in [4.69, 9.17) is 0 Å². The number of anilines is 2. The second kappa shape index (κ2) is 7.43. The van der Waals surface area contributed by atoms with E-state index >= 15 is 0 Å². The molecule has 0 unspecified atom stereocenters. The van der Waals surface area contributed by atoms with E-state index < -0.39 is 0 Å². The van der Waals surface area contributed by atoms with E-state index in [1.165, 1.54) is 19.3 Å². The number of amides is 1. The lowest BCUT2D eigenvalue weighted by atomic mass is 9.93. The predicted octanol–water partition coefficient (Wildman–Crippen LogP) is 3.00. The molecule has 2 aromatic heterocycles. The monoisotopic (exact) mass is 350 g/mol. The van der Waals surface area contributed by atoms with Gasteiger partial charge in [0.1, 0.15) is 0 Å². The van der Waals surface area contributed by atoms with Gasteiger partial charge in [-0.2, -0.15) is 10.2 Å². The Kier molecular flexibility index (Phi) is 4.68. The third-order valence-electron chi connectivity index (χ3n) is 4.63. The smallest absolute Gasteiger partial charge is 0.276 e. The van der Waals surface area contributed by atoms with Gasteiger partial charge in [-0.1, -0.05) is 12.1 Å². The molecule has 1 saturated carbocycles. The molecule has 7 nitrogen and oxygen atoms in total. The minimum absolute atomic E-state index is 0.203. The Morgan fingerprint density at radius 1 is 1.04 bits per heavy atom. The fourth-order valence-corrected chi connectivity index (χ4v) is 2.92. The Hall–Kier alpha value is -3.09. The maximum Gasteiger partial charge on any atom is 0.276 e. The molecule has 0 radical (unpaired) electrons. The van der Waals surface area contributed by atoms with Crippen LogP contribution in [0.15, 0.2) is 55.0 Å². The number of nitrogens with one attached hydrogen (secondary N) is 2. The van der Waals surface area contributed by atoms with Crippen molar-refractivity contribution in [1.29, 1.82) is 0 Å². The first-order chi connectivity index (χ1) is 12.8. The average molecular weight is 350 g/mol. The Morgan fingerprint density at radius 2 is 1.85 bits per heavy atom. The molecule has 0 spiro atoms. The standard InChI is InChI=1S/C19H22N6O/c26-19(18-9-12-25(23-18)14-13-24-11-4-10-20-24)22-17-8-2-1-7-16(17)21-15-5-3-6-15/h1-2,4,7-12,15,21H,3,5-6,13-14H2,(H,22,26). The molecule has 2 heterocycles. The second-order valence-corrected chi connectivity index (χ2v) is 6.51. The van der Waals surface area contributed by atoms with E-state index in [0.29, 0.717) is 24.8 Å². The summed E-state index contributed by atoms with van der Waals surface area (Å²) in [5.41, 5.74) is 2.16. The van der Waals surface area contributed by atoms with Gasteiger partial charge in [-0.05, 0) is 43.5 Å². The topological polar surface area (TPSA) is 76.8 Å². The largest absolute Gasteiger partial charge is 0.381 e. The van der Waals surface area contributed by atoms with Crippen molar-refractivity contribution in [3.05, 3.63) is 60.7 Å². The van der Waals surface area contributed by atoms with Crippen molar-refractivity contribution < 1.29 is 4.79 Å². The summed E-state index contributed by atoms with van der Waals surface area (Å²) in [6.45, 7) is 1.37. The van der Waals surface area contributed by atoms with E-state index in [0.717, 1.165) is 11.4 Å². The minimum atomic E-state index is -0.203. The highest BCUT2D eigenvalue weighted by atomic mass is 16.2. The SMILES string of the molecule is O=C(Nc1ccccc1NC1CCC1)c1ccn(CCn2cccn2)n1. The van der Waals surface area contributed by atoms with Crippen LogP contribution < -0.4 is 10.6 Å². The zero-order chi connectivity index (χ0) is 17.8. The summed E-state index contributed by atoms with van der Waals surface area (Å²) >= 11 is 0. The van der Waals surface area contributed by atoms with Crippen molar-refractivity contribution in [2.75, 3.05) is 10.6 Å². The molecule has 1 aliphatic rings. The Morgan fingerprint density at radius 3 is 2.58 bits per heavy atom. The highest BCUT2D eigenvalue weighted by molar-refractivity contribution is 6.04. The van der Waals surface area contributed by atoms with Crippen molar-refractivity contribution >= 4 is 17.3 Å². The molecule has 0 bridgehead atoms. The second-order valence-electron chi connectivity index (χ2n) is 6.51. The predicted molar refractivity (Wildman–Crippen MR) is 100 cm³/mol. The van der Waals surface area contributed by atoms with Crippen LogP contribution in [0.3, 0.4) is 0 Å². The molecule has 1 amide bonds. The lowest BCUT2D eigenvalue weighted by Gasteiger charge is -2.28. The van der Waals surface area contributed by atoms with E-state index in [1.807, 2.05) is 47.4 Å². The molecule has 0 atom stereocenters. The third-order valence-corrected chi connectivity index (χ3v) is 4.63. The van der Waals surface area contributed by atoms with E-state index in [1.54, 1.807) is 16.9 Å². The summed E-state index contributed by atoms with van der Waals surface area (Å²) in [4.78, 5) is 12.5. The molecule has 3 aromatic rings. The van der Waals surface area contributed by atoms with Crippen LogP contribution in [0.5, 0.6) is 0 Å². The van der Waals surface area contributed by atoms with Crippen molar-refractivity contribution in [3.8, 4) is 0 Å². The lowest BCUT2D eigenvalue weighted by Crippen LogP contribution is -2.27. The summed E-state index contributed by atoms with van der Waals surface area (Å²) in [5.74, 6) is -0.203. The first-order valence-electron chi connectivity index (χ1n) is 8.96. The van der Waals surface area contributed by atoms with Crippen LogP contribution >= 0.6 is 0 Å².